The maximum absolute atomic E-state index is 11.2. The van der Waals surface area contributed by atoms with Crippen molar-refractivity contribution in [2.45, 2.75) is 19.4 Å². The number of aliphatic carboxylic acids is 1. The fourth-order valence-corrected chi connectivity index (χ4v) is 1.42. The molecular formula is C10H16N2O3S. The third-order valence-corrected chi connectivity index (χ3v) is 2.59. The summed E-state index contributed by atoms with van der Waals surface area (Å²) in [4.78, 5) is 21.8. The zero-order chi connectivity index (χ0) is 12.4. The van der Waals surface area contributed by atoms with E-state index in [0.717, 1.165) is 0 Å². The van der Waals surface area contributed by atoms with Gasteiger partial charge >= 0.3 is 12.0 Å². The molecule has 0 aromatic rings. The lowest BCUT2D eigenvalue weighted by Gasteiger charge is -2.12. The summed E-state index contributed by atoms with van der Waals surface area (Å²) in [5.74, 6) is 2.76. The van der Waals surface area contributed by atoms with E-state index in [2.05, 4.69) is 16.6 Å². The average Bonchev–Trinajstić information content (AvgIpc) is 2.25. The van der Waals surface area contributed by atoms with Crippen molar-refractivity contribution in [3.8, 4) is 12.3 Å². The molecule has 0 aliphatic carbocycles. The number of hydrogen-bond donors (Lipinski definition) is 3. The lowest BCUT2D eigenvalue weighted by atomic mass is 10.2. The van der Waals surface area contributed by atoms with Gasteiger partial charge in [-0.25, -0.2) is 9.59 Å². The number of urea groups is 1. The molecule has 0 aliphatic rings. The molecule has 0 fully saturated rings. The number of carbonyl (C=O) groups excluding carboxylic acids is 1. The Bertz CT molecular complexity index is 276. The van der Waals surface area contributed by atoms with Crippen LogP contribution in [0.2, 0.25) is 0 Å². The first-order valence-corrected chi connectivity index (χ1v) is 6.05. The van der Waals surface area contributed by atoms with Gasteiger partial charge in [0.1, 0.15) is 6.04 Å². The lowest BCUT2D eigenvalue weighted by molar-refractivity contribution is -0.139. The molecule has 0 saturated carbocycles. The molecule has 0 spiro atoms. The third kappa shape index (κ3) is 7.01. The van der Waals surface area contributed by atoms with Gasteiger partial charge in [0.05, 0.1) is 5.75 Å². The SMILES string of the molecule is C#CCSCCNC(=O)N[C@@H](CC)C(=O)O. The van der Waals surface area contributed by atoms with Gasteiger partial charge in [-0.05, 0) is 6.42 Å². The van der Waals surface area contributed by atoms with E-state index in [1.54, 1.807) is 6.92 Å². The van der Waals surface area contributed by atoms with E-state index in [0.29, 0.717) is 24.5 Å². The van der Waals surface area contributed by atoms with Crippen LogP contribution in [0.1, 0.15) is 13.3 Å². The van der Waals surface area contributed by atoms with Gasteiger partial charge in [0, 0.05) is 12.3 Å². The topological polar surface area (TPSA) is 78.4 Å². The van der Waals surface area contributed by atoms with Gasteiger partial charge in [-0.3, -0.25) is 0 Å². The maximum atomic E-state index is 11.2. The second-order valence-electron chi connectivity index (χ2n) is 2.96. The van der Waals surface area contributed by atoms with Gasteiger partial charge in [-0.15, -0.1) is 18.2 Å². The minimum atomic E-state index is -1.03. The fourth-order valence-electron chi connectivity index (χ4n) is 0.916. The summed E-state index contributed by atoms with van der Waals surface area (Å²) in [7, 11) is 0. The largest absolute Gasteiger partial charge is 0.480 e. The van der Waals surface area contributed by atoms with E-state index in [-0.39, 0.29) is 0 Å². The fraction of sp³-hybridized carbons (Fsp3) is 0.600. The normalized spacial score (nSPS) is 11.2. The van der Waals surface area contributed by atoms with Crippen LogP contribution >= 0.6 is 11.8 Å². The molecular weight excluding hydrogens is 228 g/mol. The molecule has 0 aromatic heterocycles. The molecule has 0 aliphatic heterocycles. The highest BCUT2D eigenvalue weighted by atomic mass is 32.2. The molecule has 0 heterocycles. The maximum Gasteiger partial charge on any atom is 0.326 e. The first-order chi connectivity index (χ1) is 7.61. The molecule has 16 heavy (non-hydrogen) atoms. The number of rotatable bonds is 7. The molecule has 0 unspecified atom stereocenters. The highest BCUT2D eigenvalue weighted by Gasteiger charge is 2.16. The molecule has 1 atom stereocenters. The van der Waals surface area contributed by atoms with Crippen molar-refractivity contribution in [2.24, 2.45) is 0 Å². The van der Waals surface area contributed by atoms with Crippen LogP contribution < -0.4 is 10.6 Å². The quantitative estimate of drug-likeness (QED) is 0.450. The van der Waals surface area contributed by atoms with Crippen molar-refractivity contribution in [1.29, 1.82) is 0 Å². The van der Waals surface area contributed by atoms with E-state index in [4.69, 9.17) is 11.5 Å². The van der Waals surface area contributed by atoms with E-state index in [1.165, 1.54) is 11.8 Å². The molecule has 0 bridgehead atoms. The van der Waals surface area contributed by atoms with Gasteiger partial charge in [0.25, 0.3) is 0 Å². The minimum Gasteiger partial charge on any atom is -0.480 e. The van der Waals surface area contributed by atoms with E-state index >= 15 is 0 Å². The Hall–Kier alpha value is -1.35. The summed E-state index contributed by atoms with van der Waals surface area (Å²) < 4.78 is 0. The number of carboxylic acids is 1. The number of thioether (sulfide) groups is 1. The predicted octanol–water partition coefficient (Wildman–Crippen LogP) is 0.515. The molecule has 3 N–H and O–H groups in total. The highest BCUT2D eigenvalue weighted by Crippen LogP contribution is 1.95. The van der Waals surface area contributed by atoms with Crippen LogP contribution in [0.5, 0.6) is 0 Å². The van der Waals surface area contributed by atoms with E-state index in [9.17, 15) is 9.59 Å². The van der Waals surface area contributed by atoms with Crippen LogP contribution in [0.3, 0.4) is 0 Å². The molecule has 0 aromatic carbocycles. The summed E-state index contributed by atoms with van der Waals surface area (Å²) in [6.07, 6.45) is 5.41. The Balaban J connectivity index is 3.65. The molecule has 90 valence electrons. The Kier molecular flexibility index (Phi) is 8.17. The minimum absolute atomic E-state index is 0.356. The molecule has 0 rings (SSSR count). The molecule has 6 heteroatoms. The van der Waals surface area contributed by atoms with Gasteiger partial charge in [-0.1, -0.05) is 12.8 Å². The van der Waals surface area contributed by atoms with Gasteiger partial charge in [-0.2, -0.15) is 0 Å². The third-order valence-electron chi connectivity index (χ3n) is 1.73. The second kappa shape index (κ2) is 8.92. The number of carboxylic acid groups (broad SMARTS) is 1. The van der Waals surface area contributed by atoms with Crippen molar-refractivity contribution in [1.82, 2.24) is 10.6 Å². The Labute approximate surface area is 99.4 Å². The zero-order valence-electron chi connectivity index (χ0n) is 9.16. The molecule has 2 amide bonds. The molecule has 5 nitrogen and oxygen atoms in total. The van der Waals surface area contributed by atoms with Crippen molar-refractivity contribution in [2.75, 3.05) is 18.1 Å². The highest BCUT2D eigenvalue weighted by molar-refractivity contribution is 7.99. The van der Waals surface area contributed by atoms with Gasteiger partial charge in [0.2, 0.25) is 0 Å². The number of terminal acetylenes is 1. The number of nitrogens with one attached hydrogen (secondary N) is 2. The number of amides is 2. The second-order valence-corrected chi connectivity index (χ2v) is 4.06. The first-order valence-electron chi connectivity index (χ1n) is 4.90. The summed E-state index contributed by atoms with van der Waals surface area (Å²) in [6, 6.07) is -1.30. The standard InChI is InChI=1S/C10H16N2O3S/c1-3-6-16-7-5-11-10(15)12-8(4-2)9(13)14/h1,8H,4-7H2,2H3,(H,13,14)(H2,11,12,15)/t8-/m0/s1. The van der Waals surface area contributed by atoms with Crippen molar-refractivity contribution < 1.29 is 14.7 Å². The average molecular weight is 244 g/mol. The van der Waals surface area contributed by atoms with Gasteiger partial charge < -0.3 is 15.7 Å². The van der Waals surface area contributed by atoms with Crippen LogP contribution in [0.25, 0.3) is 0 Å². The van der Waals surface area contributed by atoms with Crippen molar-refractivity contribution in [3.05, 3.63) is 0 Å². The molecule has 0 radical (unpaired) electrons. The predicted molar refractivity (Wildman–Crippen MR) is 64.4 cm³/mol. The van der Waals surface area contributed by atoms with Crippen LogP contribution in [0.4, 0.5) is 4.79 Å². The van der Waals surface area contributed by atoms with Crippen LogP contribution in [-0.4, -0.2) is 41.2 Å². The number of hydrogen-bond acceptors (Lipinski definition) is 3. The Morgan fingerprint density at radius 3 is 2.75 bits per heavy atom. The monoisotopic (exact) mass is 244 g/mol. The Morgan fingerprint density at radius 2 is 2.25 bits per heavy atom. The van der Waals surface area contributed by atoms with Gasteiger partial charge in [0.15, 0.2) is 0 Å². The zero-order valence-corrected chi connectivity index (χ0v) is 9.97. The summed E-state index contributed by atoms with van der Waals surface area (Å²) in [6.45, 7) is 2.16. The van der Waals surface area contributed by atoms with E-state index < -0.39 is 18.0 Å². The Morgan fingerprint density at radius 1 is 1.56 bits per heavy atom. The number of carbonyl (C=O) groups is 2. The summed E-state index contributed by atoms with van der Waals surface area (Å²) in [5.41, 5.74) is 0. The molecule has 0 saturated heterocycles. The smallest absolute Gasteiger partial charge is 0.326 e. The van der Waals surface area contributed by atoms with Crippen molar-refractivity contribution >= 4 is 23.8 Å². The van der Waals surface area contributed by atoms with E-state index in [1.807, 2.05) is 0 Å². The first kappa shape index (κ1) is 14.6. The van der Waals surface area contributed by atoms with Crippen LogP contribution in [0, 0.1) is 12.3 Å². The van der Waals surface area contributed by atoms with Crippen LogP contribution in [-0.2, 0) is 4.79 Å². The summed E-state index contributed by atoms with van der Waals surface area (Å²) in [5, 5.41) is 13.6. The van der Waals surface area contributed by atoms with Crippen LogP contribution in [0.15, 0.2) is 0 Å². The summed E-state index contributed by atoms with van der Waals surface area (Å²) >= 11 is 1.53. The van der Waals surface area contributed by atoms with Crippen molar-refractivity contribution in [3.63, 3.8) is 0 Å². The lowest BCUT2D eigenvalue weighted by Crippen LogP contribution is -2.46.